The topological polar surface area (TPSA) is 75.3 Å². The van der Waals surface area contributed by atoms with Crippen molar-refractivity contribution >= 4 is 15.9 Å². The van der Waals surface area contributed by atoms with Gasteiger partial charge in [-0.1, -0.05) is 6.07 Å². The van der Waals surface area contributed by atoms with Gasteiger partial charge >= 0.3 is 6.03 Å². The van der Waals surface area contributed by atoms with Crippen molar-refractivity contribution < 1.29 is 17.6 Å². The fraction of sp³-hybridized carbons (Fsp3) is 0.533. The van der Waals surface area contributed by atoms with E-state index < -0.39 is 9.84 Å². The Kier molecular flexibility index (Phi) is 5.05. The SMILES string of the molecule is C[C@H](CCS(C)(=O)=O)NC(=O)N[C@H]1CCc2ccc(F)cc21. The number of hydrogen-bond acceptors (Lipinski definition) is 3. The van der Waals surface area contributed by atoms with E-state index in [1.54, 1.807) is 13.0 Å². The Morgan fingerprint density at radius 1 is 1.45 bits per heavy atom. The van der Waals surface area contributed by atoms with Gasteiger partial charge in [-0.3, -0.25) is 0 Å². The second-order valence-corrected chi connectivity index (χ2v) is 8.13. The summed E-state index contributed by atoms with van der Waals surface area (Å²) in [5.74, 6) is -0.277. The van der Waals surface area contributed by atoms with Gasteiger partial charge in [0.05, 0.1) is 11.8 Å². The van der Waals surface area contributed by atoms with E-state index in [1.807, 2.05) is 0 Å². The highest BCUT2D eigenvalue weighted by Crippen LogP contribution is 2.31. The van der Waals surface area contributed by atoms with Gasteiger partial charge in [-0.15, -0.1) is 0 Å². The first kappa shape index (κ1) is 16.7. The molecule has 1 aromatic rings. The lowest BCUT2D eigenvalue weighted by molar-refractivity contribution is 0.233. The van der Waals surface area contributed by atoms with Gasteiger partial charge < -0.3 is 10.6 Å². The number of halogens is 1. The zero-order chi connectivity index (χ0) is 16.3. The maximum atomic E-state index is 13.3. The maximum Gasteiger partial charge on any atom is 0.315 e. The van der Waals surface area contributed by atoms with Crippen molar-refractivity contribution in [2.45, 2.75) is 38.3 Å². The zero-order valence-electron chi connectivity index (χ0n) is 12.7. The number of urea groups is 1. The molecule has 0 fully saturated rings. The summed E-state index contributed by atoms with van der Waals surface area (Å²) in [5, 5.41) is 5.54. The smallest absolute Gasteiger partial charge is 0.315 e. The van der Waals surface area contributed by atoms with Crippen LogP contribution < -0.4 is 10.6 Å². The lowest BCUT2D eigenvalue weighted by Crippen LogP contribution is -2.42. The number of sulfone groups is 1. The molecule has 7 heteroatoms. The van der Waals surface area contributed by atoms with E-state index in [0.29, 0.717) is 6.42 Å². The Morgan fingerprint density at radius 2 is 2.18 bits per heavy atom. The molecule has 0 aromatic heterocycles. The number of nitrogens with one attached hydrogen (secondary N) is 2. The molecular formula is C15H21FN2O3S. The molecule has 0 spiro atoms. The van der Waals surface area contributed by atoms with E-state index >= 15 is 0 Å². The Morgan fingerprint density at radius 3 is 2.86 bits per heavy atom. The van der Waals surface area contributed by atoms with Crippen LogP contribution in [0.3, 0.4) is 0 Å². The fourth-order valence-corrected chi connectivity index (χ4v) is 3.39. The summed E-state index contributed by atoms with van der Waals surface area (Å²) < 4.78 is 35.5. The molecular weight excluding hydrogens is 307 g/mol. The van der Waals surface area contributed by atoms with Crippen molar-refractivity contribution in [1.29, 1.82) is 0 Å². The van der Waals surface area contributed by atoms with Gasteiger partial charge in [0.25, 0.3) is 0 Å². The van der Waals surface area contributed by atoms with Gasteiger partial charge in [-0.2, -0.15) is 0 Å². The summed E-state index contributed by atoms with van der Waals surface area (Å²) in [7, 11) is -3.04. The molecule has 1 aliphatic carbocycles. The van der Waals surface area contributed by atoms with Crippen LogP contribution in [0.5, 0.6) is 0 Å². The average Bonchev–Trinajstić information content (AvgIpc) is 2.78. The van der Waals surface area contributed by atoms with Crippen LogP contribution >= 0.6 is 0 Å². The van der Waals surface area contributed by atoms with Gasteiger partial charge in [0.2, 0.25) is 0 Å². The van der Waals surface area contributed by atoms with Crippen LogP contribution in [0, 0.1) is 5.82 Å². The average molecular weight is 328 g/mol. The third kappa shape index (κ3) is 4.69. The van der Waals surface area contributed by atoms with Gasteiger partial charge in [0.1, 0.15) is 15.7 Å². The molecule has 0 unspecified atom stereocenters. The number of benzene rings is 1. The number of hydrogen-bond donors (Lipinski definition) is 2. The molecule has 2 amide bonds. The van der Waals surface area contributed by atoms with Crippen molar-refractivity contribution in [3.63, 3.8) is 0 Å². The molecule has 0 radical (unpaired) electrons. The van der Waals surface area contributed by atoms with E-state index in [1.165, 1.54) is 18.4 Å². The highest BCUT2D eigenvalue weighted by atomic mass is 32.2. The zero-order valence-corrected chi connectivity index (χ0v) is 13.5. The van der Waals surface area contributed by atoms with E-state index in [4.69, 9.17) is 0 Å². The van der Waals surface area contributed by atoms with E-state index in [2.05, 4.69) is 10.6 Å². The van der Waals surface area contributed by atoms with Gasteiger partial charge in [0, 0.05) is 12.3 Å². The van der Waals surface area contributed by atoms with Crippen molar-refractivity contribution in [2.24, 2.45) is 0 Å². The summed E-state index contributed by atoms with van der Waals surface area (Å²) in [4.78, 5) is 12.0. The third-order valence-electron chi connectivity index (χ3n) is 3.79. The van der Waals surface area contributed by atoms with Crippen LogP contribution in [0.25, 0.3) is 0 Å². The predicted octanol–water partition coefficient (Wildman–Crippen LogP) is 1.94. The van der Waals surface area contributed by atoms with Crippen LogP contribution in [0.1, 0.15) is 36.9 Å². The molecule has 122 valence electrons. The van der Waals surface area contributed by atoms with Crippen molar-refractivity contribution in [3.8, 4) is 0 Å². The highest BCUT2D eigenvalue weighted by Gasteiger charge is 2.24. The van der Waals surface area contributed by atoms with Crippen molar-refractivity contribution in [3.05, 3.63) is 35.1 Å². The molecule has 0 saturated carbocycles. The number of rotatable bonds is 5. The minimum Gasteiger partial charge on any atom is -0.336 e. The lowest BCUT2D eigenvalue weighted by Gasteiger charge is -2.18. The van der Waals surface area contributed by atoms with E-state index in [9.17, 15) is 17.6 Å². The van der Waals surface area contributed by atoms with Gasteiger partial charge in [0.15, 0.2) is 0 Å². The summed E-state index contributed by atoms with van der Waals surface area (Å²) >= 11 is 0. The molecule has 0 heterocycles. The van der Waals surface area contributed by atoms with Crippen LogP contribution in [-0.4, -0.2) is 32.5 Å². The van der Waals surface area contributed by atoms with Crippen LogP contribution in [0.15, 0.2) is 18.2 Å². The van der Waals surface area contributed by atoms with Gasteiger partial charge in [-0.05, 0) is 49.4 Å². The molecule has 0 bridgehead atoms. The second-order valence-electron chi connectivity index (χ2n) is 5.87. The molecule has 1 aromatic carbocycles. The standard InChI is InChI=1S/C15H21FN2O3S/c1-10(7-8-22(2,20)21)17-15(19)18-14-6-4-11-3-5-12(16)9-13(11)14/h3,5,9-10,14H,4,6-8H2,1-2H3,(H2,17,18,19)/t10-,14+/m1/s1. The first-order chi connectivity index (χ1) is 10.2. The Balaban J connectivity index is 1.87. The molecule has 2 atom stereocenters. The largest absolute Gasteiger partial charge is 0.336 e. The number of carbonyl (C=O) groups excluding carboxylic acids is 1. The monoisotopic (exact) mass is 328 g/mol. The molecule has 22 heavy (non-hydrogen) atoms. The fourth-order valence-electron chi connectivity index (χ4n) is 2.61. The summed E-state index contributed by atoms with van der Waals surface area (Å²) in [6, 6.07) is 3.83. The quantitative estimate of drug-likeness (QED) is 0.867. The molecule has 2 N–H and O–H groups in total. The summed E-state index contributed by atoms with van der Waals surface area (Å²) in [6.07, 6.45) is 3.08. The van der Waals surface area contributed by atoms with Crippen molar-refractivity contribution in [1.82, 2.24) is 10.6 Å². The number of amides is 2. The molecule has 0 aliphatic heterocycles. The highest BCUT2D eigenvalue weighted by molar-refractivity contribution is 7.90. The Bertz CT molecular complexity index is 661. The third-order valence-corrected chi connectivity index (χ3v) is 4.77. The van der Waals surface area contributed by atoms with Crippen LogP contribution in [0.2, 0.25) is 0 Å². The Labute approximate surface area is 130 Å². The van der Waals surface area contributed by atoms with Gasteiger partial charge in [-0.25, -0.2) is 17.6 Å². The minimum absolute atomic E-state index is 0.0337. The second kappa shape index (κ2) is 6.64. The van der Waals surface area contributed by atoms with Crippen LogP contribution in [-0.2, 0) is 16.3 Å². The Hall–Kier alpha value is -1.63. The number of carbonyl (C=O) groups is 1. The first-order valence-corrected chi connectivity index (χ1v) is 9.34. The van der Waals surface area contributed by atoms with Crippen molar-refractivity contribution in [2.75, 3.05) is 12.0 Å². The minimum atomic E-state index is -3.04. The lowest BCUT2D eigenvalue weighted by atomic mass is 10.1. The summed E-state index contributed by atoms with van der Waals surface area (Å²) in [5.41, 5.74) is 1.87. The summed E-state index contributed by atoms with van der Waals surface area (Å²) in [6.45, 7) is 1.76. The van der Waals surface area contributed by atoms with Crippen LogP contribution in [0.4, 0.5) is 9.18 Å². The molecule has 0 saturated heterocycles. The predicted molar refractivity (Wildman–Crippen MR) is 82.9 cm³/mol. The molecule has 1 aliphatic rings. The van der Waals surface area contributed by atoms with E-state index in [0.717, 1.165) is 24.0 Å². The van der Waals surface area contributed by atoms with E-state index in [-0.39, 0.29) is 29.7 Å². The maximum absolute atomic E-state index is 13.3. The molecule has 5 nitrogen and oxygen atoms in total. The number of aryl methyl sites for hydroxylation is 1. The normalized spacial score (nSPS) is 18.6. The molecule has 2 rings (SSSR count). The number of fused-ring (bicyclic) bond motifs is 1. The first-order valence-electron chi connectivity index (χ1n) is 7.27.